The van der Waals surface area contributed by atoms with Gasteiger partial charge in [-0.2, -0.15) is 0 Å². The third kappa shape index (κ3) is 3.72. The second-order valence-corrected chi connectivity index (χ2v) is 3.17. The molecule has 1 fully saturated rings. The van der Waals surface area contributed by atoms with Gasteiger partial charge in [0.2, 0.25) is 0 Å². The zero-order chi connectivity index (χ0) is 11.3. The van der Waals surface area contributed by atoms with Crippen LogP contribution in [0.5, 0.6) is 0 Å². The van der Waals surface area contributed by atoms with Crippen LogP contribution in [0.15, 0.2) is 0 Å². The van der Waals surface area contributed by atoms with E-state index in [1.807, 2.05) is 0 Å². The predicted molar refractivity (Wildman–Crippen MR) is 49.4 cm³/mol. The molecule has 7 nitrogen and oxygen atoms in total. The molecule has 0 aromatic rings. The Morgan fingerprint density at radius 2 is 2.27 bits per heavy atom. The molecule has 1 aliphatic rings. The molecule has 15 heavy (non-hydrogen) atoms. The number of carbonyl (C=O) groups is 2. The second kappa shape index (κ2) is 5.52. The molecule has 1 atom stereocenters. The van der Waals surface area contributed by atoms with Gasteiger partial charge in [-0.1, -0.05) is 0 Å². The van der Waals surface area contributed by atoms with Crippen LogP contribution in [0.4, 0.5) is 4.79 Å². The predicted octanol–water partition coefficient (Wildman–Crippen LogP) is -1.53. The number of hydrogen-bond acceptors (Lipinski definition) is 4. The van der Waals surface area contributed by atoms with E-state index < -0.39 is 18.5 Å². The first-order chi connectivity index (χ1) is 7.13. The molecule has 1 unspecified atom stereocenters. The van der Waals surface area contributed by atoms with Crippen LogP contribution in [-0.4, -0.2) is 66.1 Å². The quantitative estimate of drug-likeness (QED) is 0.534. The Morgan fingerprint density at radius 3 is 2.87 bits per heavy atom. The molecule has 0 bridgehead atoms. The molecular weight excluding hydrogens is 204 g/mol. The molecular formula is C8H14N2O5. The average molecular weight is 218 g/mol. The van der Waals surface area contributed by atoms with Crippen LogP contribution in [0.25, 0.3) is 0 Å². The number of morpholine rings is 1. The third-order valence-corrected chi connectivity index (χ3v) is 2.02. The molecule has 0 saturated carbocycles. The van der Waals surface area contributed by atoms with E-state index in [2.05, 4.69) is 5.32 Å². The second-order valence-electron chi connectivity index (χ2n) is 3.17. The molecule has 2 amide bonds. The highest BCUT2D eigenvalue weighted by Gasteiger charge is 2.23. The summed E-state index contributed by atoms with van der Waals surface area (Å²) < 4.78 is 5.15. The van der Waals surface area contributed by atoms with Gasteiger partial charge in [0.25, 0.3) is 0 Å². The topological polar surface area (TPSA) is 99.1 Å². The first kappa shape index (κ1) is 11.7. The van der Waals surface area contributed by atoms with Gasteiger partial charge in [-0.3, -0.25) is 4.79 Å². The summed E-state index contributed by atoms with van der Waals surface area (Å²) in [5.41, 5.74) is 0. The van der Waals surface area contributed by atoms with Gasteiger partial charge in [0.05, 0.1) is 25.9 Å². The van der Waals surface area contributed by atoms with Crippen molar-refractivity contribution in [2.24, 2.45) is 0 Å². The number of carboxylic acid groups (broad SMARTS) is 1. The molecule has 0 spiro atoms. The fraction of sp³-hybridized carbons (Fsp3) is 0.750. The summed E-state index contributed by atoms with van der Waals surface area (Å²) >= 11 is 0. The minimum absolute atomic E-state index is 0.150. The van der Waals surface area contributed by atoms with Crippen LogP contribution < -0.4 is 5.32 Å². The molecule has 1 saturated heterocycles. The molecule has 0 aromatic heterocycles. The lowest BCUT2D eigenvalue weighted by Gasteiger charge is -2.31. The van der Waals surface area contributed by atoms with Crippen molar-refractivity contribution in [1.82, 2.24) is 10.2 Å². The summed E-state index contributed by atoms with van der Waals surface area (Å²) in [6.45, 7) is 0.484. The van der Waals surface area contributed by atoms with Crippen molar-refractivity contribution in [3.63, 3.8) is 0 Å². The van der Waals surface area contributed by atoms with Crippen molar-refractivity contribution in [2.45, 2.75) is 6.10 Å². The molecule has 1 heterocycles. The number of ether oxygens (including phenoxy) is 1. The number of hydrogen-bond donors (Lipinski definition) is 3. The summed E-state index contributed by atoms with van der Waals surface area (Å²) in [6.07, 6.45) is -0.380. The summed E-state index contributed by atoms with van der Waals surface area (Å²) in [5, 5.41) is 19.4. The van der Waals surface area contributed by atoms with E-state index in [-0.39, 0.29) is 19.3 Å². The number of rotatable bonds is 3. The van der Waals surface area contributed by atoms with Crippen LogP contribution in [0.1, 0.15) is 0 Å². The van der Waals surface area contributed by atoms with E-state index in [4.69, 9.17) is 14.9 Å². The van der Waals surface area contributed by atoms with Crippen LogP contribution in [0, 0.1) is 0 Å². The highest BCUT2D eigenvalue weighted by atomic mass is 16.5. The monoisotopic (exact) mass is 218 g/mol. The minimum atomic E-state index is -1.09. The van der Waals surface area contributed by atoms with Crippen molar-refractivity contribution in [3.8, 4) is 0 Å². The number of aliphatic hydroxyl groups is 1. The smallest absolute Gasteiger partial charge is 0.323 e. The first-order valence-electron chi connectivity index (χ1n) is 4.60. The maximum absolute atomic E-state index is 11.4. The number of urea groups is 1. The normalized spacial score (nSPS) is 21.1. The van der Waals surface area contributed by atoms with E-state index in [0.717, 1.165) is 0 Å². The minimum Gasteiger partial charge on any atom is -0.480 e. The van der Waals surface area contributed by atoms with Gasteiger partial charge >= 0.3 is 12.0 Å². The van der Waals surface area contributed by atoms with Gasteiger partial charge in [-0.15, -0.1) is 0 Å². The lowest BCUT2D eigenvalue weighted by molar-refractivity contribution is -0.135. The van der Waals surface area contributed by atoms with Crippen molar-refractivity contribution in [1.29, 1.82) is 0 Å². The van der Waals surface area contributed by atoms with Gasteiger partial charge in [0, 0.05) is 6.54 Å². The lowest BCUT2D eigenvalue weighted by Crippen LogP contribution is -2.51. The SMILES string of the molecule is O=C(O)CNC(=O)N1CCOC(CO)C1. The Balaban J connectivity index is 2.35. The van der Waals surface area contributed by atoms with Crippen LogP contribution >= 0.6 is 0 Å². The first-order valence-corrected chi connectivity index (χ1v) is 4.60. The number of aliphatic carboxylic acids is 1. The number of aliphatic hydroxyl groups excluding tert-OH is 1. The van der Waals surface area contributed by atoms with Gasteiger partial charge in [-0.05, 0) is 0 Å². The molecule has 3 N–H and O–H groups in total. The fourth-order valence-corrected chi connectivity index (χ4v) is 1.28. The van der Waals surface area contributed by atoms with Gasteiger partial charge in [-0.25, -0.2) is 4.79 Å². The zero-order valence-electron chi connectivity index (χ0n) is 8.18. The van der Waals surface area contributed by atoms with Gasteiger partial charge < -0.3 is 25.2 Å². The maximum atomic E-state index is 11.4. The van der Waals surface area contributed by atoms with Crippen molar-refractivity contribution in [3.05, 3.63) is 0 Å². The molecule has 0 radical (unpaired) electrons. The van der Waals surface area contributed by atoms with Crippen molar-refractivity contribution < 1.29 is 24.5 Å². The summed E-state index contributed by atoms with van der Waals surface area (Å²) in [5.74, 6) is -1.09. The Bertz CT molecular complexity index is 245. The van der Waals surface area contributed by atoms with E-state index in [0.29, 0.717) is 13.2 Å². The lowest BCUT2D eigenvalue weighted by atomic mass is 10.3. The standard InChI is InChI=1S/C8H14N2O5/c11-5-6-4-10(1-2-15-6)8(14)9-3-7(12)13/h6,11H,1-5H2,(H,9,14)(H,12,13). The van der Waals surface area contributed by atoms with Gasteiger partial charge in [0.15, 0.2) is 0 Å². The summed E-state index contributed by atoms with van der Waals surface area (Å²) in [7, 11) is 0. The van der Waals surface area contributed by atoms with E-state index in [1.165, 1.54) is 4.90 Å². The number of amides is 2. The molecule has 1 rings (SSSR count). The van der Waals surface area contributed by atoms with Gasteiger partial charge in [0.1, 0.15) is 6.54 Å². The van der Waals surface area contributed by atoms with Crippen LogP contribution in [-0.2, 0) is 9.53 Å². The van der Waals surface area contributed by atoms with E-state index >= 15 is 0 Å². The van der Waals surface area contributed by atoms with E-state index in [1.54, 1.807) is 0 Å². The highest BCUT2D eigenvalue weighted by molar-refractivity contribution is 5.80. The Hall–Kier alpha value is -1.34. The fourth-order valence-electron chi connectivity index (χ4n) is 1.28. The third-order valence-electron chi connectivity index (χ3n) is 2.02. The zero-order valence-corrected chi connectivity index (χ0v) is 8.18. The molecule has 86 valence electrons. The van der Waals surface area contributed by atoms with Crippen molar-refractivity contribution >= 4 is 12.0 Å². The molecule has 1 aliphatic heterocycles. The summed E-state index contributed by atoms with van der Waals surface area (Å²) in [4.78, 5) is 23.0. The van der Waals surface area contributed by atoms with E-state index in [9.17, 15) is 9.59 Å². The Labute approximate surface area is 86.6 Å². The van der Waals surface area contributed by atoms with Crippen LogP contribution in [0.3, 0.4) is 0 Å². The number of nitrogens with one attached hydrogen (secondary N) is 1. The summed E-state index contributed by atoms with van der Waals surface area (Å²) in [6, 6.07) is -0.445. The number of carboxylic acids is 1. The largest absolute Gasteiger partial charge is 0.480 e. The highest BCUT2D eigenvalue weighted by Crippen LogP contribution is 2.04. The number of nitrogens with zero attached hydrogens (tertiary/aromatic N) is 1. The van der Waals surface area contributed by atoms with Crippen molar-refractivity contribution in [2.75, 3.05) is 32.8 Å². The number of carbonyl (C=O) groups excluding carboxylic acids is 1. The van der Waals surface area contributed by atoms with Crippen LogP contribution in [0.2, 0.25) is 0 Å². The molecule has 7 heteroatoms. The molecule has 0 aromatic carbocycles. The Morgan fingerprint density at radius 1 is 1.53 bits per heavy atom. The molecule has 0 aliphatic carbocycles. The maximum Gasteiger partial charge on any atom is 0.323 e. The Kier molecular flexibility index (Phi) is 4.32. The average Bonchev–Trinajstić information content (AvgIpc) is 2.26.